The fourth-order valence-corrected chi connectivity index (χ4v) is 4.18. The van der Waals surface area contributed by atoms with Crippen LogP contribution in [-0.2, 0) is 6.54 Å². The van der Waals surface area contributed by atoms with Gasteiger partial charge in [-0.25, -0.2) is 4.98 Å². The molecule has 18 heavy (non-hydrogen) atoms. The minimum atomic E-state index is 0.658. The van der Waals surface area contributed by atoms with Gasteiger partial charge in [0.2, 0.25) is 5.95 Å². The largest absolute Gasteiger partial charge is 0.369 e. The molecule has 0 amide bonds. The molecule has 1 aromatic carbocycles. The van der Waals surface area contributed by atoms with Gasteiger partial charge in [-0.3, -0.25) is 0 Å². The highest BCUT2D eigenvalue weighted by Gasteiger charge is 2.17. The number of nitrogens with two attached hydrogens (primary N) is 1. The summed E-state index contributed by atoms with van der Waals surface area (Å²) in [4.78, 5) is 4.47. The predicted octanol–water partition coefficient (Wildman–Crippen LogP) is 3.37. The monoisotopic (exact) mass is 373 g/mol. The van der Waals surface area contributed by atoms with Gasteiger partial charge in [0.1, 0.15) is 0 Å². The summed E-state index contributed by atoms with van der Waals surface area (Å²) in [6.45, 7) is 1.02. The van der Waals surface area contributed by atoms with E-state index in [1.54, 1.807) is 0 Å². The molecule has 0 atom stereocenters. The van der Waals surface area contributed by atoms with E-state index in [9.17, 15) is 0 Å². The van der Waals surface area contributed by atoms with Gasteiger partial charge in [0.25, 0.3) is 0 Å². The second kappa shape index (κ2) is 5.28. The van der Waals surface area contributed by atoms with Gasteiger partial charge in [-0.2, -0.15) is 11.8 Å². The molecular formula is C13H16IN3S. The van der Waals surface area contributed by atoms with E-state index in [1.165, 1.54) is 33.4 Å². The van der Waals surface area contributed by atoms with Crippen molar-refractivity contribution in [3.63, 3.8) is 0 Å². The molecule has 1 saturated heterocycles. The van der Waals surface area contributed by atoms with Crippen molar-refractivity contribution >= 4 is 51.3 Å². The maximum absolute atomic E-state index is 6.06. The Hall–Kier alpha value is -0.430. The highest BCUT2D eigenvalue weighted by Crippen LogP contribution is 2.27. The van der Waals surface area contributed by atoms with Crippen molar-refractivity contribution in [2.24, 2.45) is 5.92 Å². The zero-order valence-electron chi connectivity index (χ0n) is 10.1. The lowest BCUT2D eigenvalue weighted by Crippen LogP contribution is -2.17. The van der Waals surface area contributed by atoms with Gasteiger partial charge >= 0.3 is 0 Å². The van der Waals surface area contributed by atoms with Crippen LogP contribution in [0, 0.1) is 9.49 Å². The minimum absolute atomic E-state index is 0.658. The van der Waals surface area contributed by atoms with Crippen LogP contribution < -0.4 is 5.73 Å². The van der Waals surface area contributed by atoms with E-state index < -0.39 is 0 Å². The van der Waals surface area contributed by atoms with E-state index in [2.05, 4.69) is 62.1 Å². The highest BCUT2D eigenvalue weighted by atomic mass is 127. The van der Waals surface area contributed by atoms with Gasteiger partial charge in [0.15, 0.2) is 0 Å². The third-order valence-corrected chi connectivity index (χ3v) is 5.24. The average Bonchev–Trinajstić information content (AvgIpc) is 2.66. The number of imidazole rings is 1. The Morgan fingerprint density at radius 2 is 2.17 bits per heavy atom. The summed E-state index contributed by atoms with van der Waals surface area (Å²) in [5, 5.41) is 0. The molecule has 0 unspecified atom stereocenters. The molecule has 1 aromatic heterocycles. The van der Waals surface area contributed by atoms with Crippen molar-refractivity contribution in [1.29, 1.82) is 0 Å². The maximum Gasteiger partial charge on any atom is 0.201 e. The van der Waals surface area contributed by atoms with Crippen molar-refractivity contribution in [3.05, 3.63) is 21.8 Å². The molecule has 1 aliphatic heterocycles. The van der Waals surface area contributed by atoms with Crippen molar-refractivity contribution in [2.75, 3.05) is 17.2 Å². The van der Waals surface area contributed by atoms with Gasteiger partial charge in [-0.15, -0.1) is 0 Å². The smallest absolute Gasteiger partial charge is 0.201 e. The fourth-order valence-electron chi connectivity index (χ4n) is 2.50. The molecule has 1 aliphatic rings. The Kier molecular flexibility index (Phi) is 3.70. The first-order valence-corrected chi connectivity index (χ1v) is 8.46. The number of hydrogen-bond donors (Lipinski definition) is 1. The number of thioether (sulfide) groups is 1. The van der Waals surface area contributed by atoms with E-state index in [0.29, 0.717) is 5.95 Å². The minimum Gasteiger partial charge on any atom is -0.369 e. The van der Waals surface area contributed by atoms with Crippen LogP contribution in [0.2, 0.25) is 0 Å². The summed E-state index contributed by atoms with van der Waals surface area (Å²) in [5.74, 6) is 3.99. The normalized spacial score (nSPS) is 17.4. The van der Waals surface area contributed by atoms with E-state index >= 15 is 0 Å². The van der Waals surface area contributed by atoms with Crippen molar-refractivity contribution in [2.45, 2.75) is 19.4 Å². The molecule has 1 fully saturated rings. The van der Waals surface area contributed by atoms with Crippen LogP contribution in [0.4, 0.5) is 5.95 Å². The first kappa shape index (κ1) is 12.6. The first-order chi connectivity index (χ1) is 8.74. The zero-order valence-corrected chi connectivity index (χ0v) is 13.1. The molecule has 2 heterocycles. The molecule has 3 rings (SSSR count). The van der Waals surface area contributed by atoms with Gasteiger partial charge < -0.3 is 10.3 Å². The second-order valence-electron chi connectivity index (χ2n) is 4.77. The molecule has 2 aromatic rings. The van der Waals surface area contributed by atoms with Crippen LogP contribution in [0.3, 0.4) is 0 Å². The van der Waals surface area contributed by atoms with Crippen molar-refractivity contribution < 1.29 is 0 Å². The highest BCUT2D eigenvalue weighted by molar-refractivity contribution is 14.1. The fraction of sp³-hybridized carbons (Fsp3) is 0.462. The average molecular weight is 373 g/mol. The number of aromatic nitrogens is 2. The van der Waals surface area contributed by atoms with Crippen LogP contribution in [0.5, 0.6) is 0 Å². The Balaban J connectivity index is 1.92. The van der Waals surface area contributed by atoms with Crippen LogP contribution in [0.25, 0.3) is 11.0 Å². The number of anilines is 1. The number of nitrogens with zero attached hydrogens (tertiary/aromatic N) is 2. The van der Waals surface area contributed by atoms with Crippen LogP contribution in [0.15, 0.2) is 18.2 Å². The van der Waals surface area contributed by atoms with Crippen LogP contribution in [0.1, 0.15) is 12.8 Å². The van der Waals surface area contributed by atoms with Gasteiger partial charge in [0, 0.05) is 10.1 Å². The van der Waals surface area contributed by atoms with Crippen molar-refractivity contribution in [3.8, 4) is 0 Å². The Morgan fingerprint density at radius 3 is 2.94 bits per heavy atom. The Labute approximate surface area is 125 Å². The molecule has 0 bridgehead atoms. The molecule has 3 nitrogen and oxygen atoms in total. The van der Waals surface area contributed by atoms with Gasteiger partial charge in [0.05, 0.1) is 11.0 Å². The zero-order chi connectivity index (χ0) is 12.5. The number of nitrogen functional groups attached to an aromatic ring is 1. The predicted molar refractivity (Wildman–Crippen MR) is 86.9 cm³/mol. The first-order valence-electron chi connectivity index (χ1n) is 6.23. The van der Waals surface area contributed by atoms with E-state index in [0.717, 1.165) is 18.0 Å². The maximum atomic E-state index is 6.06. The molecule has 2 N–H and O–H groups in total. The van der Waals surface area contributed by atoms with Crippen LogP contribution >= 0.6 is 34.4 Å². The van der Waals surface area contributed by atoms with E-state index in [-0.39, 0.29) is 0 Å². The summed E-state index contributed by atoms with van der Waals surface area (Å²) < 4.78 is 3.39. The number of hydrogen-bond acceptors (Lipinski definition) is 3. The third kappa shape index (κ3) is 2.47. The van der Waals surface area contributed by atoms with Crippen LogP contribution in [-0.4, -0.2) is 21.1 Å². The van der Waals surface area contributed by atoms with E-state index in [4.69, 9.17) is 5.73 Å². The molecular weight excluding hydrogens is 357 g/mol. The number of halogens is 1. The molecule has 96 valence electrons. The standard InChI is InChI=1S/C13H16IN3S/c14-10-1-2-12-11(7-10)16-13(15)17(12)8-9-3-5-18-6-4-9/h1-2,7,9H,3-6,8H2,(H2,15,16). The summed E-state index contributed by atoms with van der Waals surface area (Å²) in [6.07, 6.45) is 2.60. The summed E-state index contributed by atoms with van der Waals surface area (Å²) in [6, 6.07) is 6.36. The summed E-state index contributed by atoms with van der Waals surface area (Å²) >= 11 is 4.38. The SMILES string of the molecule is Nc1nc2cc(I)ccc2n1CC1CCSCC1. The van der Waals surface area contributed by atoms with E-state index in [1.807, 2.05) is 0 Å². The number of benzene rings is 1. The van der Waals surface area contributed by atoms with Gasteiger partial charge in [-0.05, 0) is 71.1 Å². The molecule has 0 saturated carbocycles. The topological polar surface area (TPSA) is 43.8 Å². The van der Waals surface area contributed by atoms with Crippen molar-refractivity contribution in [1.82, 2.24) is 9.55 Å². The lowest BCUT2D eigenvalue weighted by atomic mass is 10.0. The second-order valence-corrected chi connectivity index (χ2v) is 7.24. The summed E-state index contributed by atoms with van der Waals surface area (Å²) in [5.41, 5.74) is 8.26. The third-order valence-electron chi connectivity index (χ3n) is 3.52. The lowest BCUT2D eigenvalue weighted by Gasteiger charge is -2.22. The molecule has 0 aliphatic carbocycles. The number of rotatable bonds is 2. The summed E-state index contributed by atoms with van der Waals surface area (Å²) in [7, 11) is 0. The lowest BCUT2D eigenvalue weighted by molar-refractivity contribution is 0.425. The molecule has 0 spiro atoms. The quantitative estimate of drug-likeness (QED) is 0.821. The van der Waals surface area contributed by atoms with Gasteiger partial charge in [-0.1, -0.05) is 0 Å². The Morgan fingerprint density at radius 1 is 1.39 bits per heavy atom. The Bertz CT molecular complexity index is 561. The number of fused-ring (bicyclic) bond motifs is 1. The molecule has 5 heteroatoms. The molecule has 0 radical (unpaired) electrons.